The summed E-state index contributed by atoms with van der Waals surface area (Å²) in [6.45, 7) is 0.280. The molecule has 9 nitrogen and oxygen atoms in total. The number of carbonyl (C=O) groups is 1. The van der Waals surface area contributed by atoms with Crippen LogP contribution < -0.4 is 15.8 Å². The molecule has 1 aromatic heterocycles. The molecule has 1 aromatic carbocycles. The summed E-state index contributed by atoms with van der Waals surface area (Å²) in [7, 11) is 3.07. The van der Waals surface area contributed by atoms with E-state index in [2.05, 4.69) is 20.8 Å². The number of amides is 1. The highest BCUT2D eigenvalue weighted by molar-refractivity contribution is 5.91. The highest BCUT2D eigenvalue weighted by atomic mass is 16.5. The van der Waals surface area contributed by atoms with E-state index in [1.54, 1.807) is 25.3 Å². The summed E-state index contributed by atoms with van der Waals surface area (Å²) in [5.41, 5.74) is 6.72. The first kappa shape index (κ1) is 15.9. The third kappa shape index (κ3) is 3.77. The summed E-state index contributed by atoms with van der Waals surface area (Å²) >= 11 is 0. The van der Waals surface area contributed by atoms with E-state index in [9.17, 15) is 4.79 Å². The van der Waals surface area contributed by atoms with Crippen LogP contribution in [0.4, 0.5) is 5.69 Å². The van der Waals surface area contributed by atoms with Gasteiger partial charge in [0.05, 0.1) is 19.6 Å². The fourth-order valence-corrected chi connectivity index (χ4v) is 1.90. The molecule has 2 aromatic rings. The maximum absolute atomic E-state index is 12.0. The first-order valence-corrected chi connectivity index (χ1v) is 6.62. The van der Waals surface area contributed by atoms with E-state index >= 15 is 0 Å². The Morgan fingerprint density at radius 1 is 1.45 bits per heavy atom. The molecule has 0 fully saturated rings. The largest absolute Gasteiger partial charge is 0.494 e. The zero-order chi connectivity index (χ0) is 15.9. The van der Waals surface area contributed by atoms with Crippen molar-refractivity contribution in [2.24, 2.45) is 5.73 Å². The van der Waals surface area contributed by atoms with Crippen LogP contribution in [-0.2, 0) is 9.53 Å². The summed E-state index contributed by atoms with van der Waals surface area (Å²) < 4.78 is 11.8. The molecule has 1 amide bonds. The predicted molar refractivity (Wildman–Crippen MR) is 78.8 cm³/mol. The second-order valence-corrected chi connectivity index (χ2v) is 4.49. The predicted octanol–water partition coefficient (Wildman–Crippen LogP) is -0.0268. The van der Waals surface area contributed by atoms with Gasteiger partial charge in [-0.1, -0.05) is 0 Å². The standard InChI is InChI=1S/C13H18N6O3/c1-21-10(7-14)6-13(20)16-9-3-4-12(22-2)11(5-9)19-8-15-17-18-19/h3-5,8,10H,6-7,14H2,1-2H3,(H,16,20). The molecular weight excluding hydrogens is 288 g/mol. The van der Waals surface area contributed by atoms with E-state index < -0.39 is 0 Å². The molecule has 118 valence electrons. The van der Waals surface area contributed by atoms with Crippen molar-refractivity contribution in [3.8, 4) is 11.4 Å². The normalized spacial score (nSPS) is 12.0. The molecule has 3 N–H and O–H groups in total. The molecule has 0 radical (unpaired) electrons. The summed E-state index contributed by atoms with van der Waals surface area (Å²) in [5.74, 6) is 0.396. The Kier molecular flexibility index (Phi) is 5.39. The summed E-state index contributed by atoms with van der Waals surface area (Å²) in [5, 5.41) is 13.8. The Balaban J connectivity index is 2.15. The van der Waals surface area contributed by atoms with Gasteiger partial charge in [0.2, 0.25) is 5.91 Å². The number of tetrazole rings is 1. The van der Waals surface area contributed by atoms with Gasteiger partial charge in [0, 0.05) is 19.3 Å². The highest BCUT2D eigenvalue weighted by Gasteiger charge is 2.13. The fraction of sp³-hybridized carbons (Fsp3) is 0.385. The Morgan fingerprint density at radius 3 is 2.86 bits per heavy atom. The minimum atomic E-state index is -0.308. The van der Waals surface area contributed by atoms with E-state index in [0.29, 0.717) is 17.1 Å². The first-order chi connectivity index (χ1) is 10.7. The molecule has 1 unspecified atom stereocenters. The van der Waals surface area contributed by atoms with Crippen molar-refractivity contribution in [3.63, 3.8) is 0 Å². The number of hydrogen-bond acceptors (Lipinski definition) is 7. The highest BCUT2D eigenvalue weighted by Crippen LogP contribution is 2.25. The Morgan fingerprint density at radius 2 is 2.27 bits per heavy atom. The zero-order valence-corrected chi connectivity index (χ0v) is 12.4. The quantitative estimate of drug-likeness (QED) is 0.737. The molecule has 22 heavy (non-hydrogen) atoms. The molecule has 0 saturated heterocycles. The number of benzene rings is 1. The second kappa shape index (κ2) is 7.48. The molecule has 0 aliphatic rings. The molecule has 0 bridgehead atoms. The van der Waals surface area contributed by atoms with Gasteiger partial charge >= 0.3 is 0 Å². The molecule has 9 heteroatoms. The lowest BCUT2D eigenvalue weighted by atomic mass is 10.2. The van der Waals surface area contributed by atoms with Crippen LogP contribution in [0, 0.1) is 0 Å². The van der Waals surface area contributed by atoms with Gasteiger partial charge in [-0.25, -0.2) is 0 Å². The molecule has 0 aliphatic carbocycles. The van der Waals surface area contributed by atoms with Crippen LogP contribution in [0.25, 0.3) is 5.69 Å². The molecule has 0 saturated carbocycles. The molecule has 1 heterocycles. The van der Waals surface area contributed by atoms with Gasteiger partial charge in [-0.2, -0.15) is 4.68 Å². The van der Waals surface area contributed by atoms with Gasteiger partial charge in [0.1, 0.15) is 17.8 Å². The minimum Gasteiger partial charge on any atom is -0.494 e. The average molecular weight is 306 g/mol. The maximum Gasteiger partial charge on any atom is 0.227 e. The van der Waals surface area contributed by atoms with Gasteiger partial charge in [-0.3, -0.25) is 4.79 Å². The lowest BCUT2D eigenvalue weighted by Gasteiger charge is -2.14. The molecule has 0 spiro atoms. The smallest absolute Gasteiger partial charge is 0.227 e. The van der Waals surface area contributed by atoms with Gasteiger partial charge in [-0.05, 0) is 28.6 Å². The Bertz CT molecular complexity index is 612. The van der Waals surface area contributed by atoms with E-state index in [4.69, 9.17) is 15.2 Å². The molecule has 1 atom stereocenters. The van der Waals surface area contributed by atoms with Crippen LogP contribution >= 0.6 is 0 Å². The van der Waals surface area contributed by atoms with Crippen LogP contribution in [0.5, 0.6) is 5.75 Å². The number of aromatic nitrogens is 4. The van der Waals surface area contributed by atoms with Gasteiger partial charge in [0.15, 0.2) is 0 Å². The SMILES string of the molecule is COc1ccc(NC(=O)CC(CN)OC)cc1-n1cnnn1. The topological polar surface area (TPSA) is 117 Å². The zero-order valence-electron chi connectivity index (χ0n) is 12.4. The lowest BCUT2D eigenvalue weighted by Crippen LogP contribution is -2.28. The van der Waals surface area contributed by atoms with Crippen molar-refractivity contribution < 1.29 is 14.3 Å². The summed E-state index contributed by atoms with van der Waals surface area (Å²) in [6.07, 6.45) is 1.31. The fourth-order valence-electron chi connectivity index (χ4n) is 1.90. The number of methoxy groups -OCH3 is 2. The van der Waals surface area contributed by atoms with Crippen molar-refractivity contribution in [1.82, 2.24) is 20.2 Å². The summed E-state index contributed by atoms with van der Waals surface area (Å²) in [4.78, 5) is 12.0. The number of hydrogen-bond donors (Lipinski definition) is 2. The average Bonchev–Trinajstić information content (AvgIpc) is 3.06. The lowest BCUT2D eigenvalue weighted by molar-refractivity contribution is -0.118. The molecular formula is C13H18N6O3. The summed E-state index contributed by atoms with van der Waals surface area (Å²) in [6, 6.07) is 5.18. The number of anilines is 1. The number of ether oxygens (including phenoxy) is 2. The number of carbonyl (C=O) groups excluding carboxylic acids is 1. The monoisotopic (exact) mass is 306 g/mol. The van der Waals surface area contributed by atoms with Crippen LogP contribution in [0.3, 0.4) is 0 Å². The van der Waals surface area contributed by atoms with Crippen molar-refractivity contribution in [2.45, 2.75) is 12.5 Å². The number of rotatable bonds is 7. The van der Waals surface area contributed by atoms with Crippen LogP contribution in [-0.4, -0.2) is 53.0 Å². The van der Waals surface area contributed by atoms with Gasteiger partial charge in [-0.15, -0.1) is 5.10 Å². The van der Waals surface area contributed by atoms with Crippen molar-refractivity contribution in [2.75, 3.05) is 26.1 Å². The minimum absolute atomic E-state index is 0.180. The Labute approximate surface area is 127 Å². The van der Waals surface area contributed by atoms with Crippen LogP contribution in [0.2, 0.25) is 0 Å². The van der Waals surface area contributed by atoms with Crippen molar-refractivity contribution >= 4 is 11.6 Å². The number of nitrogens with zero attached hydrogens (tertiary/aromatic N) is 4. The first-order valence-electron chi connectivity index (χ1n) is 6.62. The van der Waals surface area contributed by atoms with Gasteiger partial charge in [0.25, 0.3) is 0 Å². The van der Waals surface area contributed by atoms with E-state index in [1.807, 2.05) is 0 Å². The van der Waals surface area contributed by atoms with Crippen LogP contribution in [0.1, 0.15) is 6.42 Å². The van der Waals surface area contributed by atoms with E-state index in [1.165, 1.54) is 18.1 Å². The third-order valence-corrected chi connectivity index (χ3v) is 3.07. The number of nitrogens with two attached hydrogens (primary N) is 1. The maximum atomic E-state index is 12.0. The van der Waals surface area contributed by atoms with E-state index in [0.717, 1.165) is 0 Å². The van der Waals surface area contributed by atoms with E-state index in [-0.39, 0.29) is 25.0 Å². The third-order valence-electron chi connectivity index (χ3n) is 3.07. The molecule has 2 rings (SSSR count). The van der Waals surface area contributed by atoms with Crippen LogP contribution in [0.15, 0.2) is 24.5 Å². The Hall–Kier alpha value is -2.52. The second-order valence-electron chi connectivity index (χ2n) is 4.49. The number of nitrogens with one attached hydrogen (secondary N) is 1. The van der Waals surface area contributed by atoms with Crippen molar-refractivity contribution in [3.05, 3.63) is 24.5 Å². The molecule has 0 aliphatic heterocycles. The van der Waals surface area contributed by atoms with Crippen molar-refractivity contribution in [1.29, 1.82) is 0 Å². The van der Waals surface area contributed by atoms with Gasteiger partial charge < -0.3 is 20.5 Å².